The molecule has 5 heteroatoms. The molecule has 0 unspecified atom stereocenters. The van der Waals surface area contributed by atoms with Gasteiger partial charge < -0.3 is 9.47 Å². The van der Waals surface area contributed by atoms with E-state index >= 15 is 0 Å². The van der Waals surface area contributed by atoms with Crippen LogP contribution in [0.25, 0.3) is 0 Å². The fourth-order valence-corrected chi connectivity index (χ4v) is 1.83. The number of hydrogen-bond acceptors (Lipinski definition) is 4. The van der Waals surface area contributed by atoms with E-state index in [1.165, 1.54) is 0 Å². The van der Waals surface area contributed by atoms with E-state index in [4.69, 9.17) is 15.4 Å². The number of ether oxygens (including phenoxy) is 2. The SMILES string of the molecule is COc1cc(Br)c(C)c(CON)c1OC. The fraction of sp³-hybridized carbons (Fsp3) is 0.400. The third kappa shape index (κ3) is 2.42. The molecule has 4 nitrogen and oxygen atoms in total. The van der Waals surface area contributed by atoms with Crippen LogP contribution in [0.5, 0.6) is 11.5 Å². The second kappa shape index (κ2) is 5.34. The van der Waals surface area contributed by atoms with Gasteiger partial charge in [0.2, 0.25) is 0 Å². The summed E-state index contributed by atoms with van der Waals surface area (Å²) in [5, 5.41) is 0. The summed E-state index contributed by atoms with van der Waals surface area (Å²) in [7, 11) is 3.18. The topological polar surface area (TPSA) is 53.7 Å². The normalized spacial score (nSPS) is 10.2. The van der Waals surface area contributed by atoms with Crippen molar-refractivity contribution in [3.8, 4) is 11.5 Å². The monoisotopic (exact) mass is 275 g/mol. The van der Waals surface area contributed by atoms with Crippen molar-refractivity contribution in [1.29, 1.82) is 0 Å². The maximum Gasteiger partial charge on any atom is 0.166 e. The quantitative estimate of drug-likeness (QED) is 0.856. The lowest BCUT2D eigenvalue weighted by Gasteiger charge is -2.15. The zero-order valence-corrected chi connectivity index (χ0v) is 10.6. The standard InChI is InChI=1S/C10H14BrNO3/c1-6-7(5-15-12)10(14-3)9(13-2)4-8(6)11/h4H,5,12H2,1-3H3. The Balaban J connectivity index is 3.35. The number of hydrogen-bond donors (Lipinski definition) is 1. The second-order valence-electron chi connectivity index (χ2n) is 3.01. The maximum absolute atomic E-state index is 5.27. The minimum absolute atomic E-state index is 0.283. The summed E-state index contributed by atoms with van der Waals surface area (Å²) in [5.74, 6) is 6.39. The van der Waals surface area contributed by atoms with E-state index in [2.05, 4.69) is 20.8 Å². The molecule has 0 radical (unpaired) electrons. The molecular formula is C10H14BrNO3. The first-order valence-electron chi connectivity index (χ1n) is 4.37. The van der Waals surface area contributed by atoms with E-state index in [0.29, 0.717) is 11.5 Å². The van der Waals surface area contributed by atoms with Crippen LogP contribution in [-0.4, -0.2) is 14.2 Å². The highest BCUT2D eigenvalue weighted by Crippen LogP contribution is 2.37. The highest BCUT2D eigenvalue weighted by atomic mass is 79.9. The molecule has 0 heterocycles. The van der Waals surface area contributed by atoms with Gasteiger partial charge in [-0.15, -0.1) is 0 Å². The molecule has 0 spiro atoms. The Labute approximate surface area is 97.4 Å². The summed E-state index contributed by atoms with van der Waals surface area (Å²) in [6.07, 6.45) is 0. The molecule has 0 aliphatic rings. The lowest BCUT2D eigenvalue weighted by molar-refractivity contribution is 0.121. The summed E-state index contributed by atoms with van der Waals surface area (Å²) in [6, 6.07) is 1.86. The summed E-state index contributed by atoms with van der Waals surface area (Å²) in [4.78, 5) is 4.65. The zero-order chi connectivity index (χ0) is 11.4. The van der Waals surface area contributed by atoms with Gasteiger partial charge in [0.25, 0.3) is 0 Å². The fourth-order valence-electron chi connectivity index (χ4n) is 1.38. The molecule has 15 heavy (non-hydrogen) atoms. The van der Waals surface area contributed by atoms with E-state index in [0.717, 1.165) is 15.6 Å². The van der Waals surface area contributed by atoms with E-state index in [1.807, 2.05) is 13.0 Å². The molecule has 0 aromatic heterocycles. The van der Waals surface area contributed by atoms with E-state index in [1.54, 1.807) is 14.2 Å². The van der Waals surface area contributed by atoms with Crippen molar-refractivity contribution in [2.45, 2.75) is 13.5 Å². The highest BCUT2D eigenvalue weighted by Gasteiger charge is 2.15. The van der Waals surface area contributed by atoms with Crippen molar-refractivity contribution < 1.29 is 14.3 Å². The first kappa shape index (κ1) is 12.3. The van der Waals surface area contributed by atoms with Crippen LogP contribution in [0.2, 0.25) is 0 Å². The molecule has 0 aliphatic carbocycles. The Morgan fingerprint density at radius 3 is 2.47 bits per heavy atom. The molecule has 1 aromatic rings. The van der Waals surface area contributed by atoms with Gasteiger partial charge in [0.15, 0.2) is 11.5 Å². The van der Waals surface area contributed by atoms with Gasteiger partial charge in [-0.1, -0.05) is 15.9 Å². The average Bonchev–Trinajstić information content (AvgIpc) is 2.24. The van der Waals surface area contributed by atoms with Crippen LogP contribution in [0.15, 0.2) is 10.5 Å². The minimum atomic E-state index is 0.283. The molecule has 84 valence electrons. The molecule has 0 saturated carbocycles. The van der Waals surface area contributed by atoms with Crippen LogP contribution in [0, 0.1) is 6.92 Å². The number of benzene rings is 1. The summed E-state index contributed by atoms with van der Waals surface area (Å²) in [5.41, 5.74) is 1.91. The summed E-state index contributed by atoms with van der Waals surface area (Å²) >= 11 is 3.44. The van der Waals surface area contributed by atoms with Gasteiger partial charge in [0.1, 0.15) is 0 Å². The molecule has 0 bridgehead atoms. The molecule has 0 saturated heterocycles. The number of halogens is 1. The predicted molar refractivity (Wildman–Crippen MR) is 61.0 cm³/mol. The maximum atomic E-state index is 5.27. The highest BCUT2D eigenvalue weighted by molar-refractivity contribution is 9.10. The third-order valence-electron chi connectivity index (χ3n) is 2.22. The van der Waals surface area contributed by atoms with Gasteiger partial charge in [-0.2, -0.15) is 0 Å². The Kier molecular flexibility index (Phi) is 4.38. The molecule has 0 amide bonds. The Morgan fingerprint density at radius 2 is 2.00 bits per heavy atom. The predicted octanol–water partition coefficient (Wildman–Crippen LogP) is 2.17. The van der Waals surface area contributed by atoms with Gasteiger partial charge in [0, 0.05) is 10.0 Å². The molecule has 0 atom stereocenters. The lowest BCUT2D eigenvalue weighted by atomic mass is 10.1. The van der Waals surface area contributed by atoms with Gasteiger partial charge in [-0.25, -0.2) is 5.90 Å². The Morgan fingerprint density at radius 1 is 1.33 bits per heavy atom. The van der Waals surface area contributed by atoms with Crippen LogP contribution in [0.4, 0.5) is 0 Å². The molecule has 1 rings (SSSR count). The van der Waals surface area contributed by atoms with Crippen LogP contribution in [0.3, 0.4) is 0 Å². The van der Waals surface area contributed by atoms with Crippen LogP contribution >= 0.6 is 15.9 Å². The van der Waals surface area contributed by atoms with Crippen LogP contribution in [0.1, 0.15) is 11.1 Å². The summed E-state index contributed by atoms with van der Waals surface area (Å²) < 4.78 is 11.4. The first-order valence-corrected chi connectivity index (χ1v) is 5.16. The summed E-state index contributed by atoms with van der Waals surface area (Å²) in [6.45, 7) is 2.24. The van der Waals surface area contributed by atoms with Crippen molar-refractivity contribution in [3.63, 3.8) is 0 Å². The van der Waals surface area contributed by atoms with Gasteiger partial charge in [-0.3, -0.25) is 4.84 Å². The minimum Gasteiger partial charge on any atom is -0.493 e. The Bertz CT molecular complexity index is 355. The van der Waals surface area contributed by atoms with E-state index in [9.17, 15) is 0 Å². The van der Waals surface area contributed by atoms with Crippen LogP contribution < -0.4 is 15.4 Å². The lowest BCUT2D eigenvalue weighted by Crippen LogP contribution is -2.05. The number of methoxy groups -OCH3 is 2. The molecule has 0 fully saturated rings. The van der Waals surface area contributed by atoms with Gasteiger partial charge >= 0.3 is 0 Å². The van der Waals surface area contributed by atoms with Gasteiger partial charge in [-0.05, 0) is 18.6 Å². The number of nitrogens with two attached hydrogens (primary N) is 1. The molecule has 1 aromatic carbocycles. The zero-order valence-electron chi connectivity index (χ0n) is 8.96. The smallest absolute Gasteiger partial charge is 0.166 e. The average molecular weight is 276 g/mol. The van der Waals surface area contributed by atoms with Crippen molar-refractivity contribution in [2.24, 2.45) is 5.90 Å². The molecule has 0 aliphatic heterocycles. The van der Waals surface area contributed by atoms with Crippen molar-refractivity contribution in [3.05, 3.63) is 21.7 Å². The second-order valence-corrected chi connectivity index (χ2v) is 3.86. The van der Waals surface area contributed by atoms with Crippen molar-refractivity contribution >= 4 is 15.9 Å². The van der Waals surface area contributed by atoms with Gasteiger partial charge in [0.05, 0.1) is 20.8 Å². The first-order chi connectivity index (χ1) is 7.15. The third-order valence-corrected chi connectivity index (χ3v) is 3.04. The Hall–Kier alpha value is -0.780. The number of rotatable bonds is 4. The molecule has 2 N–H and O–H groups in total. The molecular weight excluding hydrogens is 262 g/mol. The van der Waals surface area contributed by atoms with E-state index in [-0.39, 0.29) is 6.61 Å². The van der Waals surface area contributed by atoms with Crippen molar-refractivity contribution in [1.82, 2.24) is 0 Å². The van der Waals surface area contributed by atoms with E-state index < -0.39 is 0 Å². The largest absolute Gasteiger partial charge is 0.493 e. The van der Waals surface area contributed by atoms with Crippen molar-refractivity contribution in [2.75, 3.05) is 14.2 Å². The van der Waals surface area contributed by atoms with Crippen LogP contribution in [-0.2, 0) is 11.4 Å².